The number of hydrogen-bond acceptors (Lipinski definition) is 3. The normalized spacial score (nSPS) is 16.9. The number of benzene rings is 2. The van der Waals surface area contributed by atoms with Crippen LogP contribution in [-0.2, 0) is 14.8 Å². The van der Waals surface area contributed by atoms with E-state index in [1.165, 1.54) is 16.4 Å². The third kappa shape index (κ3) is 4.54. The number of sulfonamides is 1. The lowest BCUT2D eigenvalue weighted by atomic mass is 9.97. The van der Waals surface area contributed by atoms with Gasteiger partial charge < -0.3 is 4.90 Å². The molecule has 1 aliphatic rings. The highest BCUT2D eigenvalue weighted by Gasteiger charge is 2.30. The lowest BCUT2D eigenvalue weighted by molar-refractivity contribution is -0.132. The van der Waals surface area contributed by atoms with Crippen molar-refractivity contribution < 1.29 is 17.6 Å². The molecule has 27 heavy (non-hydrogen) atoms. The van der Waals surface area contributed by atoms with Crippen molar-refractivity contribution in [1.29, 1.82) is 0 Å². The minimum atomic E-state index is -3.52. The molecule has 0 spiro atoms. The summed E-state index contributed by atoms with van der Waals surface area (Å²) in [6.45, 7) is 3.26. The summed E-state index contributed by atoms with van der Waals surface area (Å²) in [5, 5.41) is 0. The number of carbonyl (C=O) groups is 1. The Balaban J connectivity index is 1.57. The number of amides is 1. The second-order valence-electron chi connectivity index (χ2n) is 6.75. The molecule has 2 aromatic rings. The molecule has 1 unspecified atom stereocenters. The first-order valence-electron chi connectivity index (χ1n) is 8.96. The molecule has 0 saturated carbocycles. The van der Waals surface area contributed by atoms with Crippen molar-refractivity contribution in [3.8, 4) is 0 Å². The van der Waals surface area contributed by atoms with Gasteiger partial charge in [-0.3, -0.25) is 4.79 Å². The summed E-state index contributed by atoms with van der Waals surface area (Å²) in [5.41, 5.74) is 0.912. The smallest absolute Gasteiger partial charge is 0.243 e. The fraction of sp³-hybridized carbons (Fsp3) is 0.350. The summed E-state index contributed by atoms with van der Waals surface area (Å²) < 4.78 is 39.7. The molecular formula is C20H23FN2O3S. The predicted molar refractivity (Wildman–Crippen MR) is 101 cm³/mol. The summed E-state index contributed by atoms with van der Waals surface area (Å²) in [5.74, 6) is -0.333. The van der Waals surface area contributed by atoms with Crippen LogP contribution in [0.4, 0.5) is 4.39 Å². The monoisotopic (exact) mass is 390 g/mol. The van der Waals surface area contributed by atoms with Crippen LogP contribution in [0, 0.1) is 5.82 Å². The molecule has 1 aliphatic heterocycles. The van der Waals surface area contributed by atoms with E-state index in [9.17, 15) is 17.6 Å². The maximum Gasteiger partial charge on any atom is 0.243 e. The van der Waals surface area contributed by atoms with Crippen LogP contribution in [0.25, 0.3) is 0 Å². The van der Waals surface area contributed by atoms with E-state index in [0.717, 1.165) is 5.56 Å². The van der Waals surface area contributed by atoms with E-state index >= 15 is 0 Å². The first-order valence-corrected chi connectivity index (χ1v) is 10.4. The molecular weight excluding hydrogens is 367 g/mol. The van der Waals surface area contributed by atoms with Crippen LogP contribution in [0.1, 0.15) is 24.8 Å². The van der Waals surface area contributed by atoms with Crippen LogP contribution < -0.4 is 0 Å². The Labute approximate surface area is 159 Å². The first kappa shape index (κ1) is 19.5. The van der Waals surface area contributed by atoms with Gasteiger partial charge in [0, 0.05) is 32.6 Å². The molecule has 2 aromatic carbocycles. The van der Waals surface area contributed by atoms with Gasteiger partial charge in [0.15, 0.2) is 0 Å². The summed E-state index contributed by atoms with van der Waals surface area (Å²) >= 11 is 0. The third-order valence-corrected chi connectivity index (χ3v) is 6.81. The molecule has 1 saturated heterocycles. The number of hydrogen-bond donors (Lipinski definition) is 0. The number of rotatable bonds is 5. The number of halogens is 1. The Morgan fingerprint density at radius 2 is 1.59 bits per heavy atom. The second-order valence-corrected chi connectivity index (χ2v) is 8.69. The Morgan fingerprint density at radius 1 is 1.00 bits per heavy atom. The number of nitrogens with zero attached hydrogens (tertiary/aromatic N) is 2. The molecule has 1 amide bonds. The zero-order chi connectivity index (χ0) is 19.4. The van der Waals surface area contributed by atoms with Crippen molar-refractivity contribution in [1.82, 2.24) is 9.21 Å². The van der Waals surface area contributed by atoms with Crippen LogP contribution >= 0.6 is 0 Å². The summed E-state index contributed by atoms with van der Waals surface area (Å²) in [6.07, 6.45) is 0.317. The van der Waals surface area contributed by atoms with Crippen molar-refractivity contribution in [2.24, 2.45) is 0 Å². The molecule has 1 heterocycles. The van der Waals surface area contributed by atoms with Crippen molar-refractivity contribution in [2.45, 2.75) is 24.2 Å². The van der Waals surface area contributed by atoms with Gasteiger partial charge in [-0.05, 0) is 35.7 Å². The molecule has 1 fully saturated rings. The minimum Gasteiger partial charge on any atom is -0.340 e. The Morgan fingerprint density at radius 3 is 2.19 bits per heavy atom. The first-order chi connectivity index (χ1) is 12.9. The van der Waals surface area contributed by atoms with Gasteiger partial charge in [0.05, 0.1) is 4.90 Å². The lowest BCUT2D eigenvalue weighted by Crippen LogP contribution is -2.50. The van der Waals surface area contributed by atoms with Gasteiger partial charge in [0.2, 0.25) is 15.9 Å². The standard InChI is InChI=1S/C20H23FN2O3S/c1-16(17-7-9-18(21)10-8-17)15-20(24)22-11-13-23(14-12-22)27(25,26)19-5-3-2-4-6-19/h2-10,16H,11-15H2,1H3. The molecule has 0 N–H and O–H groups in total. The fourth-order valence-electron chi connectivity index (χ4n) is 3.22. The molecule has 144 valence electrons. The van der Waals surface area contributed by atoms with Gasteiger partial charge in [-0.2, -0.15) is 4.31 Å². The highest BCUT2D eigenvalue weighted by Crippen LogP contribution is 2.22. The van der Waals surface area contributed by atoms with Gasteiger partial charge >= 0.3 is 0 Å². The van der Waals surface area contributed by atoms with Crippen molar-refractivity contribution in [3.63, 3.8) is 0 Å². The fourth-order valence-corrected chi connectivity index (χ4v) is 4.66. The van der Waals surface area contributed by atoms with E-state index in [2.05, 4.69) is 0 Å². The zero-order valence-corrected chi connectivity index (χ0v) is 16.0. The van der Waals surface area contributed by atoms with Gasteiger partial charge in [-0.15, -0.1) is 0 Å². The summed E-state index contributed by atoms with van der Waals surface area (Å²) in [4.78, 5) is 14.5. The van der Waals surface area contributed by atoms with Gasteiger partial charge in [-0.1, -0.05) is 37.3 Å². The van der Waals surface area contributed by atoms with Crippen molar-refractivity contribution >= 4 is 15.9 Å². The van der Waals surface area contributed by atoms with E-state index in [1.807, 2.05) is 6.92 Å². The van der Waals surface area contributed by atoms with E-state index < -0.39 is 10.0 Å². The molecule has 0 aromatic heterocycles. The molecule has 7 heteroatoms. The number of piperazine rings is 1. The minimum absolute atomic E-state index is 0.0106. The Hall–Kier alpha value is -2.25. The summed E-state index contributed by atoms with van der Waals surface area (Å²) in [6, 6.07) is 14.5. The van der Waals surface area contributed by atoms with E-state index in [1.54, 1.807) is 47.4 Å². The molecule has 0 radical (unpaired) electrons. The van der Waals surface area contributed by atoms with Crippen LogP contribution in [-0.4, -0.2) is 49.7 Å². The van der Waals surface area contributed by atoms with Gasteiger partial charge in [0.25, 0.3) is 0 Å². The van der Waals surface area contributed by atoms with Crippen LogP contribution in [0.2, 0.25) is 0 Å². The molecule has 3 rings (SSSR count). The Kier molecular flexibility index (Phi) is 5.92. The van der Waals surface area contributed by atoms with Gasteiger partial charge in [0.1, 0.15) is 5.82 Å². The highest BCUT2D eigenvalue weighted by molar-refractivity contribution is 7.89. The second kappa shape index (κ2) is 8.19. The van der Waals surface area contributed by atoms with Crippen LogP contribution in [0.3, 0.4) is 0 Å². The predicted octanol–water partition coefficient (Wildman–Crippen LogP) is 2.85. The summed E-state index contributed by atoms with van der Waals surface area (Å²) in [7, 11) is -3.52. The van der Waals surface area contributed by atoms with Crippen molar-refractivity contribution in [2.75, 3.05) is 26.2 Å². The maximum absolute atomic E-state index is 13.0. The molecule has 1 atom stereocenters. The topological polar surface area (TPSA) is 57.7 Å². The molecule has 0 bridgehead atoms. The number of carbonyl (C=O) groups excluding carboxylic acids is 1. The quantitative estimate of drug-likeness (QED) is 0.789. The van der Waals surface area contributed by atoms with Gasteiger partial charge in [-0.25, -0.2) is 12.8 Å². The van der Waals surface area contributed by atoms with E-state index in [-0.39, 0.29) is 35.6 Å². The average molecular weight is 390 g/mol. The maximum atomic E-state index is 13.0. The SMILES string of the molecule is CC(CC(=O)N1CCN(S(=O)(=O)c2ccccc2)CC1)c1ccc(F)cc1. The third-order valence-electron chi connectivity index (χ3n) is 4.89. The highest BCUT2D eigenvalue weighted by atomic mass is 32.2. The van der Waals surface area contributed by atoms with Crippen molar-refractivity contribution in [3.05, 3.63) is 66.0 Å². The molecule has 0 aliphatic carbocycles. The van der Waals surface area contributed by atoms with Crippen LogP contribution in [0.5, 0.6) is 0 Å². The molecule has 5 nitrogen and oxygen atoms in total. The van der Waals surface area contributed by atoms with E-state index in [0.29, 0.717) is 19.5 Å². The van der Waals surface area contributed by atoms with Crippen LogP contribution in [0.15, 0.2) is 59.5 Å². The Bertz CT molecular complexity index is 877. The average Bonchev–Trinajstić information content (AvgIpc) is 2.69. The lowest BCUT2D eigenvalue weighted by Gasteiger charge is -2.34. The zero-order valence-electron chi connectivity index (χ0n) is 15.2. The largest absolute Gasteiger partial charge is 0.340 e. The van der Waals surface area contributed by atoms with E-state index in [4.69, 9.17) is 0 Å².